The molecule has 2 aromatic rings. The first-order valence-electron chi connectivity index (χ1n) is 10.4. The minimum absolute atomic E-state index is 0.00566. The van der Waals surface area contributed by atoms with Gasteiger partial charge >= 0.3 is 5.97 Å². The van der Waals surface area contributed by atoms with Crippen molar-refractivity contribution < 1.29 is 29.0 Å². The second-order valence-electron chi connectivity index (χ2n) is 8.22. The van der Waals surface area contributed by atoms with Gasteiger partial charge in [0.25, 0.3) is 0 Å². The maximum atomic E-state index is 13.8. The zero-order valence-corrected chi connectivity index (χ0v) is 18.0. The molecular formula is C23H27N3O6. The van der Waals surface area contributed by atoms with E-state index in [0.717, 1.165) is 0 Å². The first-order chi connectivity index (χ1) is 15.1. The lowest BCUT2D eigenvalue weighted by Gasteiger charge is -2.41. The highest BCUT2D eigenvalue weighted by Gasteiger charge is 2.54. The fourth-order valence-electron chi connectivity index (χ4n) is 4.44. The molecule has 0 aliphatic carbocycles. The van der Waals surface area contributed by atoms with Crippen LogP contribution in [0.25, 0.3) is 0 Å². The molecule has 32 heavy (non-hydrogen) atoms. The fraction of sp³-hybridized carbons (Fsp3) is 0.391. The summed E-state index contributed by atoms with van der Waals surface area (Å²) >= 11 is 0. The van der Waals surface area contributed by atoms with Crippen molar-refractivity contribution in [3.05, 3.63) is 59.9 Å². The van der Waals surface area contributed by atoms with E-state index in [9.17, 15) is 19.2 Å². The lowest BCUT2D eigenvalue weighted by Crippen LogP contribution is -2.52. The van der Waals surface area contributed by atoms with E-state index in [-0.39, 0.29) is 30.8 Å². The molecule has 2 heterocycles. The summed E-state index contributed by atoms with van der Waals surface area (Å²) in [5, 5.41) is 9.16. The molecule has 1 aromatic carbocycles. The number of nitrogens with zero attached hydrogens (tertiary/aromatic N) is 1. The van der Waals surface area contributed by atoms with E-state index in [1.54, 1.807) is 37.3 Å². The van der Waals surface area contributed by atoms with Crippen LogP contribution in [0.1, 0.15) is 49.0 Å². The smallest absolute Gasteiger partial charge is 0.337 e. The lowest BCUT2D eigenvalue weighted by molar-refractivity contribution is -0.132. The highest BCUT2D eigenvalue weighted by atomic mass is 16.5. The molecule has 4 N–H and O–H groups in total. The number of hydrogen-bond acceptors (Lipinski definition) is 5. The number of benzene rings is 1. The van der Waals surface area contributed by atoms with E-state index < -0.39 is 34.7 Å². The predicted octanol–water partition coefficient (Wildman–Crippen LogP) is 1.84. The summed E-state index contributed by atoms with van der Waals surface area (Å²) in [6.45, 7) is 3.58. The number of aromatic carboxylic acids is 1. The molecule has 170 valence electrons. The average molecular weight is 441 g/mol. The molecule has 9 nitrogen and oxygen atoms in total. The average Bonchev–Trinajstić information content (AvgIpc) is 3.34. The molecule has 9 heteroatoms. The molecule has 1 saturated heterocycles. The number of rotatable bonds is 9. The maximum Gasteiger partial charge on any atom is 0.337 e. The number of carboxylic acid groups (broad SMARTS) is 1. The number of hydrogen-bond donors (Lipinski definition) is 3. The van der Waals surface area contributed by atoms with Crippen LogP contribution in [0.2, 0.25) is 0 Å². The number of nitrogens with one attached hydrogen (secondary N) is 1. The van der Waals surface area contributed by atoms with Gasteiger partial charge in [-0.2, -0.15) is 0 Å². The Kier molecular flexibility index (Phi) is 6.50. The number of carbonyl (C=O) groups excluding carboxylic acids is 3. The number of ether oxygens (including phenoxy) is 1. The third-order valence-electron chi connectivity index (χ3n) is 6.38. The van der Waals surface area contributed by atoms with Crippen LogP contribution in [0.5, 0.6) is 0 Å². The fourth-order valence-corrected chi connectivity index (χ4v) is 4.44. The highest BCUT2D eigenvalue weighted by molar-refractivity contribution is 5.98. The van der Waals surface area contributed by atoms with E-state index >= 15 is 0 Å². The van der Waals surface area contributed by atoms with Gasteiger partial charge in [-0.15, -0.1) is 0 Å². The van der Waals surface area contributed by atoms with Crippen LogP contribution >= 0.6 is 0 Å². The summed E-state index contributed by atoms with van der Waals surface area (Å²) in [5.41, 5.74) is 6.41. The van der Waals surface area contributed by atoms with Gasteiger partial charge in [0.2, 0.25) is 11.8 Å². The Hall–Kier alpha value is -3.46. The Bertz CT molecular complexity index is 1030. The van der Waals surface area contributed by atoms with Gasteiger partial charge in [-0.1, -0.05) is 44.2 Å². The Morgan fingerprint density at radius 3 is 2.47 bits per heavy atom. The van der Waals surface area contributed by atoms with Crippen molar-refractivity contribution in [2.24, 2.45) is 11.7 Å². The van der Waals surface area contributed by atoms with Crippen molar-refractivity contribution in [2.75, 3.05) is 12.0 Å². The van der Waals surface area contributed by atoms with Gasteiger partial charge in [-0.3, -0.25) is 24.5 Å². The normalized spacial score (nSPS) is 22.3. The van der Waals surface area contributed by atoms with Crippen molar-refractivity contribution in [3.63, 3.8) is 0 Å². The largest absolute Gasteiger partial charge is 0.478 e. The second kappa shape index (κ2) is 8.96. The monoisotopic (exact) mass is 441 g/mol. The molecule has 1 aliphatic heterocycles. The molecule has 0 saturated carbocycles. The molecular weight excluding hydrogens is 414 g/mol. The van der Waals surface area contributed by atoms with Gasteiger partial charge in [0, 0.05) is 24.7 Å². The third kappa shape index (κ3) is 4.29. The van der Waals surface area contributed by atoms with Crippen LogP contribution in [0.3, 0.4) is 0 Å². The molecule has 3 atom stereocenters. The van der Waals surface area contributed by atoms with Gasteiger partial charge in [-0.25, -0.2) is 4.79 Å². The molecule has 0 spiro atoms. The zero-order chi connectivity index (χ0) is 23.5. The van der Waals surface area contributed by atoms with Crippen molar-refractivity contribution in [2.45, 2.75) is 44.1 Å². The van der Waals surface area contributed by atoms with Crippen molar-refractivity contribution in [1.29, 1.82) is 0 Å². The topological polar surface area (TPSA) is 141 Å². The summed E-state index contributed by atoms with van der Waals surface area (Å²) in [7, 11) is 0. The van der Waals surface area contributed by atoms with Crippen molar-refractivity contribution in [3.8, 4) is 0 Å². The first kappa shape index (κ1) is 23.2. The SMILES string of the molecule is CCC1(CC(CC(N)=O)(C(=O)Nn2ccc(C(=O)O)c2)c2ccccc2)OCC(=O)C1C. The Labute approximate surface area is 185 Å². The van der Waals surface area contributed by atoms with Crippen molar-refractivity contribution in [1.82, 2.24) is 4.68 Å². The Morgan fingerprint density at radius 2 is 1.97 bits per heavy atom. The number of amides is 2. The molecule has 1 aromatic heterocycles. The van der Waals surface area contributed by atoms with Gasteiger partial charge in [0.1, 0.15) is 6.61 Å². The number of carbonyl (C=O) groups is 4. The van der Waals surface area contributed by atoms with Crippen LogP contribution in [-0.4, -0.2) is 45.6 Å². The summed E-state index contributed by atoms with van der Waals surface area (Å²) in [6, 6.07) is 10.1. The maximum absolute atomic E-state index is 13.8. The van der Waals surface area contributed by atoms with E-state index in [1.807, 2.05) is 6.92 Å². The molecule has 0 bridgehead atoms. The molecule has 1 aliphatic rings. The lowest BCUT2D eigenvalue weighted by atomic mass is 9.66. The van der Waals surface area contributed by atoms with Crippen LogP contribution in [-0.2, 0) is 24.5 Å². The van der Waals surface area contributed by atoms with Crippen molar-refractivity contribution >= 4 is 23.6 Å². The number of carboxylic acids is 1. The molecule has 3 rings (SSSR count). The second-order valence-corrected chi connectivity index (χ2v) is 8.22. The van der Waals surface area contributed by atoms with Crippen LogP contribution < -0.4 is 11.2 Å². The number of nitrogens with two attached hydrogens (primary N) is 1. The quantitative estimate of drug-likeness (QED) is 0.542. The van der Waals surface area contributed by atoms with E-state index in [1.165, 1.54) is 23.1 Å². The Balaban J connectivity index is 2.10. The summed E-state index contributed by atoms with van der Waals surface area (Å²) < 4.78 is 7.17. The molecule has 2 amide bonds. The van der Waals surface area contributed by atoms with Crippen LogP contribution in [0.4, 0.5) is 0 Å². The van der Waals surface area contributed by atoms with E-state index in [2.05, 4.69) is 5.43 Å². The standard InChI is InChI=1S/C23H27N3O6/c1-3-23(15(2)18(27)13-32-23)14-22(11-19(24)28,17-7-5-4-6-8-17)21(31)25-26-10-9-16(12-26)20(29)30/h4-10,12,15H,3,11,13-14H2,1-2H3,(H2,24,28)(H,25,31)(H,29,30). The van der Waals surface area contributed by atoms with E-state index in [4.69, 9.17) is 15.6 Å². The molecule has 1 fully saturated rings. The van der Waals surface area contributed by atoms with E-state index in [0.29, 0.717) is 12.0 Å². The molecule has 3 unspecified atom stereocenters. The predicted molar refractivity (Wildman–Crippen MR) is 115 cm³/mol. The highest BCUT2D eigenvalue weighted by Crippen LogP contribution is 2.45. The number of primary amides is 1. The number of Topliss-reactive ketones (excluding diaryl/α,β-unsaturated/α-hetero) is 1. The summed E-state index contributed by atoms with van der Waals surface area (Å²) in [6.07, 6.45) is 2.84. The number of ketones is 1. The van der Waals surface area contributed by atoms with Gasteiger partial charge in [0.15, 0.2) is 5.78 Å². The number of aromatic nitrogens is 1. The Morgan fingerprint density at radius 1 is 1.28 bits per heavy atom. The molecule has 0 radical (unpaired) electrons. The van der Waals surface area contributed by atoms with Crippen LogP contribution in [0.15, 0.2) is 48.8 Å². The van der Waals surface area contributed by atoms with Gasteiger partial charge in [0.05, 0.1) is 16.6 Å². The van der Waals surface area contributed by atoms with Gasteiger partial charge in [-0.05, 0) is 24.5 Å². The summed E-state index contributed by atoms with van der Waals surface area (Å²) in [4.78, 5) is 49.5. The summed E-state index contributed by atoms with van der Waals surface area (Å²) in [5.74, 6) is -2.92. The minimum Gasteiger partial charge on any atom is -0.478 e. The van der Waals surface area contributed by atoms with Crippen LogP contribution in [0, 0.1) is 5.92 Å². The van der Waals surface area contributed by atoms with Gasteiger partial charge < -0.3 is 15.6 Å². The first-order valence-corrected chi connectivity index (χ1v) is 10.4. The zero-order valence-electron chi connectivity index (χ0n) is 18.0. The minimum atomic E-state index is -1.45. The third-order valence-corrected chi connectivity index (χ3v) is 6.38.